The highest BCUT2D eigenvalue weighted by atomic mass is 35.5. The number of rotatable bonds is 8. The minimum atomic E-state index is -2.93. The van der Waals surface area contributed by atoms with Crippen molar-refractivity contribution in [1.29, 1.82) is 0 Å². The van der Waals surface area contributed by atoms with Crippen LogP contribution in [0.5, 0.6) is 0 Å². The second kappa shape index (κ2) is 10.5. The number of nitrogens with zero attached hydrogens (tertiary/aromatic N) is 1. The molecule has 4 rings (SSSR count). The smallest absolute Gasteiger partial charge is 0.335 e. The molecule has 1 saturated carbocycles. The number of pyridine rings is 1. The van der Waals surface area contributed by atoms with Gasteiger partial charge in [-0.15, -0.1) is 0 Å². The monoisotopic (exact) mass is 532 g/mol. The van der Waals surface area contributed by atoms with Gasteiger partial charge in [-0.1, -0.05) is 23.7 Å². The number of aromatic carboxylic acids is 1. The van der Waals surface area contributed by atoms with Crippen molar-refractivity contribution in [1.82, 2.24) is 4.98 Å². The summed E-state index contributed by atoms with van der Waals surface area (Å²) in [6.45, 7) is 1.72. The zero-order chi connectivity index (χ0) is 26.9. The number of hydrogen-bond acceptors (Lipinski definition) is 4. The Bertz CT molecular complexity index is 1310. The van der Waals surface area contributed by atoms with Crippen LogP contribution >= 0.6 is 11.6 Å². The molecule has 1 atom stereocenters. The van der Waals surface area contributed by atoms with E-state index in [0.717, 1.165) is 12.1 Å². The average Bonchev–Trinajstić information content (AvgIpc) is 2.83. The number of halogens is 4. The Morgan fingerprint density at radius 2 is 1.81 bits per heavy atom. The third-order valence-electron chi connectivity index (χ3n) is 6.54. The molecule has 1 aliphatic rings. The number of amides is 1. The van der Waals surface area contributed by atoms with Crippen LogP contribution in [0, 0.1) is 11.7 Å². The molecular formula is C27H24ClF3N2O4. The summed E-state index contributed by atoms with van der Waals surface area (Å²) in [5.41, 5.74) is -0.779. The molecule has 3 N–H and O–H groups in total. The van der Waals surface area contributed by atoms with Crippen LogP contribution in [0.2, 0.25) is 5.02 Å². The summed E-state index contributed by atoms with van der Waals surface area (Å²) < 4.78 is 41.8. The molecule has 10 heteroatoms. The molecule has 1 heterocycles. The van der Waals surface area contributed by atoms with Crippen LogP contribution in [-0.4, -0.2) is 32.7 Å². The number of benzene rings is 2. The summed E-state index contributed by atoms with van der Waals surface area (Å²) in [6.07, 6.45) is -0.315. The number of nitrogens with one attached hydrogen (secondary N) is 1. The van der Waals surface area contributed by atoms with Crippen LogP contribution in [0.15, 0.2) is 54.7 Å². The molecule has 0 radical (unpaired) electrons. The Hall–Kier alpha value is -3.43. The first kappa shape index (κ1) is 26.6. The Morgan fingerprint density at radius 3 is 2.35 bits per heavy atom. The van der Waals surface area contributed by atoms with Gasteiger partial charge in [0.15, 0.2) is 0 Å². The van der Waals surface area contributed by atoms with Crippen molar-refractivity contribution in [2.24, 2.45) is 5.92 Å². The van der Waals surface area contributed by atoms with Crippen LogP contribution < -0.4 is 5.32 Å². The van der Waals surface area contributed by atoms with Crippen LogP contribution in [0.1, 0.15) is 60.1 Å². The molecule has 0 spiro atoms. The molecule has 3 aromatic rings. The van der Waals surface area contributed by atoms with Crippen LogP contribution in [-0.2, 0) is 4.79 Å². The fourth-order valence-corrected chi connectivity index (χ4v) is 4.93. The lowest BCUT2D eigenvalue weighted by Crippen LogP contribution is -2.42. The van der Waals surface area contributed by atoms with E-state index in [1.165, 1.54) is 42.6 Å². The summed E-state index contributed by atoms with van der Waals surface area (Å²) in [7, 11) is 0. The Labute approximate surface area is 216 Å². The van der Waals surface area contributed by atoms with Crippen LogP contribution in [0.4, 0.5) is 18.9 Å². The maximum absolute atomic E-state index is 14.7. The number of carboxylic acid groups (broad SMARTS) is 1. The van der Waals surface area contributed by atoms with Crippen molar-refractivity contribution >= 4 is 29.2 Å². The molecule has 1 amide bonds. The molecule has 6 nitrogen and oxygen atoms in total. The quantitative estimate of drug-likeness (QED) is 0.309. The Kier molecular flexibility index (Phi) is 7.57. The second-order valence-corrected chi connectivity index (χ2v) is 9.94. The summed E-state index contributed by atoms with van der Waals surface area (Å²) in [5, 5.41) is 21.6. The van der Waals surface area contributed by atoms with Gasteiger partial charge < -0.3 is 15.5 Å². The van der Waals surface area contributed by atoms with Gasteiger partial charge in [-0.3, -0.25) is 9.78 Å². The summed E-state index contributed by atoms with van der Waals surface area (Å²) in [6, 6.07) is 10.7. The van der Waals surface area contributed by atoms with E-state index in [1.807, 2.05) is 0 Å². The van der Waals surface area contributed by atoms with Gasteiger partial charge in [0.25, 0.3) is 6.43 Å². The van der Waals surface area contributed by atoms with Crippen molar-refractivity contribution in [3.63, 3.8) is 0 Å². The van der Waals surface area contributed by atoms with Gasteiger partial charge in [-0.2, -0.15) is 0 Å². The van der Waals surface area contributed by atoms with E-state index < -0.39 is 41.2 Å². The van der Waals surface area contributed by atoms with E-state index in [2.05, 4.69) is 10.3 Å². The van der Waals surface area contributed by atoms with Crippen molar-refractivity contribution in [2.45, 2.75) is 44.1 Å². The van der Waals surface area contributed by atoms with Gasteiger partial charge in [0, 0.05) is 28.6 Å². The topological polar surface area (TPSA) is 99.5 Å². The number of carboxylic acids is 1. The van der Waals surface area contributed by atoms with Crippen molar-refractivity contribution in [3.8, 4) is 11.1 Å². The molecule has 194 valence electrons. The number of hydrogen-bond donors (Lipinski definition) is 3. The molecule has 1 aromatic heterocycles. The predicted molar refractivity (Wildman–Crippen MR) is 132 cm³/mol. The highest BCUT2D eigenvalue weighted by molar-refractivity contribution is 6.31. The van der Waals surface area contributed by atoms with E-state index in [0.29, 0.717) is 30.6 Å². The second-order valence-electron chi connectivity index (χ2n) is 9.53. The molecule has 37 heavy (non-hydrogen) atoms. The molecular weight excluding hydrogens is 509 g/mol. The highest BCUT2D eigenvalue weighted by Crippen LogP contribution is 2.43. The van der Waals surface area contributed by atoms with Crippen molar-refractivity contribution in [3.05, 3.63) is 82.4 Å². The summed E-state index contributed by atoms with van der Waals surface area (Å²) in [5.74, 6) is -3.18. The zero-order valence-electron chi connectivity index (χ0n) is 19.7. The first-order valence-corrected chi connectivity index (χ1v) is 11.9. The molecule has 0 saturated heterocycles. The third-order valence-corrected chi connectivity index (χ3v) is 6.83. The molecule has 1 aliphatic carbocycles. The summed E-state index contributed by atoms with van der Waals surface area (Å²) >= 11 is 5.82. The Morgan fingerprint density at radius 1 is 1.14 bits per heavy atom. The molecule has 1 unspecified atom stereocenters. The highest BCUT2D eigenvalue weighted by Gasteiger charge is 2.41. The first-order chi connectivity index (χ1) is 17.4. The first-order valence-electron chi connectivity index (χ1n) is 11.5. The number of aromatic nitrogens is 1. The van der Waals surface area contributed by atoms with E-state index in [1.54, 1.807) is 6.92 Å². The van der Waals surface area contributed by atoms with Gasteiger partial charge in [-0.25, -0.2) is 18.0 Å². The van der Waals surface area contributed by atoms with Crippen molar-refractivity contribution < 1.29 is 33.0 Å². The number of carbonyl (C=O) groups is 2. The largest absolute Gasteiger partial charge is 0.478 e. The fourth-order valence-electron chi connectivity index (χ4n) is 4.77. The zero-order valence-corrected chi connectivity index (χ0v) is 20.5. The number of alkyl halides is 2. The van der Waals surface area contributed by atoms with Crippen LogP contribution in [0.3, 0.4) is 0 Å². The number of carbonyl (C=O) groups excluding carboxylic acids is 1. The minimum absolute atomic E-state index is 0.0532. The lowest BCUT2D eigenvalue weighted by Gasteiger charge is -2.42. The standard InChI is InChI=1S/C27H24ClF3N2O4/c1-27(37)11-14(12-27)10-19(25(34)33-17-5-2-15(3-6-17)26(35)36)21-9-4-16(13-32-21)22-18(24(30)31)7-8-20(28)23(22)29/h2-9,13-14,19,24,37H,10-12H2,1H3,(H,33,34)(H,35,36). The molecule has 0 aliphatic heterocycles. The third kappa shape index (κ3) is 5.94. The Balaban J connectivity index is 1.62. The maximum atomic E-state index is 14.7. The molecule has 0 bridgehead atoms. The summed E-state index contributed by atoms with van der Waals surface area (Å²) in [4.78, 5) is 28.7. The van der Waals surface area contributed by atoms with Gasteiger partial charge in [0.1, 0.15) is 5.82 Å². The number of aliphatic hydroxyl groups is 1. The lowest BCUT2D eigenvalue weighted by atomic mass is 9.68. The maximum Gasteiger partial charge on any atom is 0.335 e. The van der Waals surface area contributed by atoms with Gasteiger partial charge in [0.05, 0.1) is 27.8 Å². The van der Waals surface area contributed by atoms with E-state index in [4.69, 9.17) is 16.7 Å². The number of anilines is 1. The SMILES string of the molecule is CC1(O)CC(CC(C(=O)Nc2ccc(C(=O)O)cc2)c2ccc(-c3c(C(F)F)ccc(Cl)c3F)cn2)C1. The fraction of sp³-hybridized carbons (Fsp3) is 0.296. The lowest BCUT2D eigenvalue weighted by molar-refractivity contribution is -0.119. The molecule has 1 fully saturated rings. The van der Waals surface area contributed by atoms with Gasteiger partial charge in [-0.05, 0) is 68.5 Å². The van der Waals surface area contributed by atoms with Crippen LogP contribution in [0.25, 0.3) is 11.1 Å². The van der Waals surface area contributed by atoms with Crippen molar-refractivity contribution in [2.75, 3.05) is 5.32 Å². The average molecular weight is 533 g/mol. The van der Waals surface area contributed by atoms with E-state index in [9.17, 15) is 27.9 Å². The van der Waals surface area contributed by atoms with Gasteiger partial charge >= 0.3 is 5.97 Å². The predicted octanol–water partition coefficient (Wildman–Crippen LogP) is 6.45. The normalized spacial score (nSPS) is 19.8. The minimum Gasteiger partial charge on any atom is -0.478 e. The molecule has 2 aromatic carbocycles. The van der Waals surface area contributed by atoms with Gasteiger partial charge in [0.2, 0.25) is 5.91 Å². The van der Waals surface area contributed by atoms with E-state index in [-0.39, 0.29) is 27.6 Å². The van der Waals surface area contributed by atoms with E-state index >= 15 is 0 Å².